The molecule has 2 aromatic carbocycles. The lowest BCUT2D eigenvalue weighted by Crippen LogP contribution is -2.51. The number of H-pyrrole nitrogens is 1. The number of amides is 2. The summed E-state index contributed by atoms with van der Waals surface area (Å²) in [5, 5.41) is 16.3. The molecule has 1 fully saturated rings. The van der Waals surface area contributed by atoms with Crippen molar-refractivity contribution in [1.29, 1.82) is 0 Å². The van der Waals surface area contributed by atoms with Gasteiger partial charge in [-0.05, 0) is 73.3 Å². The molecule has 2 heterocycles. The average Bonchev–Trinajstić information content (AvgIpc) is 3.63. The van der Waals surface area contributed by atoms with E-state index in [1.807, 2.05) is 17.0 Å². The van der Waals surface area contributed by atoms with Crippen LogP contribution in [0.5, 0.6) is 0 Å². The summed E-state index contributed by atoms with van der Waals surface area (Å²) in [5.74, 6) is -1.91. The molecule has 1 atom stereocenters. The predicted molar refractivity (Wildman–Crippen MR) is 158 cm³/mol. The van der Waals surface area contributed by atoms with Crippen LogP contribution in [-0.2, 0) is 11.3 Å². The summed E-state index contributed by atoms with van der Waals surface area (Å²) in [6.45, 7) is 8.94. The minimum atomic E-state index is -1.06. The van der Waals surface area contributed by atoms with Crippen LogP contribution in [0.1, 0.15) is 106 Å². The first-order valence-electron chi connectivity index (χ1n) is 15.1. The van der Waals surface area contributed by atoms with Crippen molar-refractivity contribution >= 4 is 17.5 Å². The van der Waals surface area contributed by atoms with Crippen LogP contribution >= 0.6 is 0 Å². The standard InChI is InChI=1S/C32H39F2N7O2/c1-5-8-25(20-11-13-21(14-12-20)29(42)35-19-26-37-39-40-38-26)41-30(43)28(23-9-7-10-24(33)27(23)34)36-32(41)17-15-22(16-18-32)31(3,4)6-2/h7,9-14,22,25H,5-6,8,15-19H2,1-4H3,(H,35,42)(H,37,38,39,40)/t22?,25-,32?/m1/s1. The van der Waals surface area contributed by atoms with E-state index < -0.39 is 23.2 Å². The van der Waals surface area contributed by atoms with E-state index in [1.165, 1.54) is 12.1 Å². The minimum absolute atomic E-state index is 0.0243. The van der Waals surface area contributed by atoms with Crippen molar-refractivity contribution in [2.24, 2.45) is 16.3 Å². The molecule has 0 bridgehead atoms. The highest BCUT2D eigenvalue weighted by atomic mass is 19.2. The average molecular weight is 592 g/mol. The summed E-state index contributed by atoms with van der Waals surface area (Å²) in [4.78, 5) is 33.8. The van der Waals surface area contributed by atoms with Gasteiger partial charge in [0.25, 0.3) is 11.8 Å². The Labute approximate surface area is 250 Å². The van der Waals surface area contributed by atoms with Crippen molar-refractivity contribution in [3.05, 3.63) is 76.6 Å². The van der Waals surface area contributed by atoms with Crippen molar-refractivity contribution in [2.75, 3.05) is 0 Å². The van der Waals surface area contributed by atoms with Gasteiger partial charge >= 0.3 is 0 Å². The van der Waals surface area contributed by atoms with Gasteiger partial charge < -0.3 is 10.2 Å². The van der Waals surface area contributed by atoms with E-state index in [2.05, 4.69) is 53.6 Å². The summed E-state index contributed by atoms with van der Waals surface area (Å²) >= 11 is 0. The zero-order chi connectivity index (χ0) is 30.8. The van der Waals surface area contributed by atoms with Gasteiger partial charge in [-0.15, -0.1) is 10.2 Å². The van der Waals surface area contributed by atoms with Crippen LogP contribution in [0.15, 0.2) is 47.5 Å². The van der Waals surface area contributed by atoms with E-state index >= 15 is 4.39 Å². The van der Waals surface area contributed by atoms with E-state index in [1.54, 1.807) is 12.1 Å². The zero-order valence-electron chi connectivity index (χ0n) is 25.2. The van der Waals surface area contributed by atoms with Gasteiger partial charge in [0.2, 0.25) is 0 Å². The van der Waals surface area contributed by atoms with Crippen molar-refractivity contribution in [1.82, 2.24) is 30.8 Å². The fourth-order valence-corrected chi connectivity index (χ4v) is 6.50. The largest absolute Gasteiger partial charge is 0.345 e. The van der Waals surface area contributed by atoms with Gasteiger partial charge in [0.1, 0.15) is 11.4 Å². The number of rotatable bonds is 10. The third-order valence-electron chi connectivity index (χ3n) is 9.43. The van der Waals surface area contributed by atoms with Gasteiger partial charge in [0.05, 0.1) is 12.6 Å². The molecule has 1 spiro atoms. The second-order valence-corrected chi connectivity index (χ2v) is 12.3. The molecular weight excluding hydrogens is 552 g/mol. The Morgan fingerprint density at radius 2 is 1.86 bits per heavy atom. The Kier molecular flexibility index (Phi) is 8.71. The van der Waals surface area contributed by atoms with Gasteiger partial charge in [-0.25, -0.2) is 8.78 Å². The number of halogens is 2. The number of aromatic nitrogens is 4. The van der Waals surface area contributed by atoms with Gasteiger partial charge in [-0.3, -0.25) is 14.6 Å². The van der Waals surface area contributed by atoms with E-state index in [9.17, 15) is 14.0 Å². The van der Waals surface area contributed by atoms with E-state index in [4.69, 9.17) is 4.99 Å². The lowest BCUT2D eigenvalue weighted by Gasteiger charge is -2.48. The maximum absolute atomic E-state index is 15.0. The van der Waals surface area contributed by atoms with Crippen molar-refractivity contribution in [3.8, 4) is 0 Å². The zero-order valence-corrected chi connectivity index (χ0v) is 25.2. The molecule has 11 heteroatoms. The van der Waals surface area contributed by atoms with Crippen molar-refractivity contribution in [3.63, 3.8) is 0 Å². The number of nitrogens with one attached hydrogen (secondary N) is 2. The Morgan fingerprint density at radius 3 is 2.49 bits per heavy atom. The van der Waals surface area contributed by atoms with Crippen LogP contribution in [0.25, 0.3) is 0 Å². The van der Waals surface area contributed by atoms with Crippen LogP contribution in [0.2, 0.25) is 0 Å². The summed E-state index contributed by atoms with van der Waals surface area (Å²) in [5.41, 5.74) is 0.476. The maximum atomic E-state index is 15.0. The van der Waals surface area contributed by atoms with Crippen LogP contribution in [0.3, 0.4) is 0 Å². The highest BCUT2D eigenvalue weighted by molar-refractivity contribution is 6.46. The maximum Gasteiger partial charge on any atom is 0.275 e. The highest BCUT2D eigenvalue weighted by Crippen LogP contribution is 2.50. The van der Waals surface area contributed by atoms with Crippen molar-refractivity contribution in [2.45, 2.75) is 90.9 Å². The summed E-state index contributed by atoms with van der Waals surface area (Å²) in [7, 11) is 0. The lowest BCUT2D eigenvalue weighted by atomic mass is 9.67. The number of tetrazole rings is 1. The minimum Gasteiger partial charge on any atom is -0.345 e. The first kappa shape index (κ1) is 30.4. The van der Waals surface area contributed by atoms with Gasteiger partial charge in [0, 0.05) is 11.1 Å². The molecule has 2 amide bonds. The van der Waals surface area contributed by atoms with E-state index in [0.29, 0.717) is 36.6 Å². The monoisotopic (exact) mass is 591 g/mol. The third kappa shape index (κ3) is 5.94. The Balaban J connectivity index is 1.47. The molecule has 2 aliphatic rings. The number of aromatic amines is 1. The number of benzene rings is 2. The van der Waals surface area contributed by atoms with Crippen molar-refractivity contribution < 1.29 is 18.4 Å². The van der Waals surface area contributed by atoms with Crippen LogP contribution < -0.4 is 5.32 Å². The topological polar surface area (TPSA) is 116 Å². The Morgan fingerprint density at radius 1 is 1.14 bits per heavy atom. The quantitative estimate of drug-likeness (QED) is 0.304. The fourth-order valence-electron chi connectivity index (χ4n) is 6.50. The molecule has 0 saturated heterocycles. The SMILES string of the molecule is CCC[C@H](c1ccc(C(=O)NCc2nn[nH]n2)cc1)N1C(=O)C(c2cccc(F)c2F)=NC12CCC(C(C)(C)CC)CC2. The third-order valence-corrected chi connectivity index (χ3v) is 9.43. The van der Waals surface area contributed by atoms with Gasteiger partial charge in [-0.1, -0.05) is 63.9 Å². The number of carbonyl (C=O) groups excluding carboxylic acids is 2. The first-order chi connectivity index (χ1) is 20.6. The molecule has 228 valence electrons. The molecule has 1 aliphatic carbocycles. The smallest absolute Gasteiger partial charge is 0.275 e. The number of hydrogen-bond donors (Lipinski definition) is 2. The van der Waals surface area contributed by atoms with Crippen LogP contribution in [0, 0.1) is 23.0 Å². The molecule has 43 heavy (non-hydrogen) atoms. The number of nitrogens with zero attached hydrogens (tertiary/aromatic N) is 5. The number of hydrogen-bond acceptors (Lipinski definition) is 6. The molecule has 5 rings (SSSR count). The summed E-state index contributed by atoms with van der Waals surface area (Å²) in [6, 6.07) is 10.7. The van der Waals surface area contributed by atoms with E-state index in [0.717, 1.165) is 37.3 Å². The molecule has 9 nitrogen and oxygen atoms in total. The Bertz CT molecular complexity index is 1480. The molecule has 0 unspecified atom stereocenters. The molecule has 0 radical (unpaired) electrons. The molecule has 1 saturated carbocycles. The molecule has 1 aromatic heterocycles. The fraction of sp³-hybridized carbons (Fsp3) is 0.500. The van der Waals surface area contributed by atoms with Crippen LogP contribution in [-0.4, -0.2) is 48.7 Å². The number of aliphatic imine (C=N–C) groups is 1. The predicted octanol–water partition coefficient (Wildman–Crippen LogP) is 5.90. The first-order valence-corrected chi connectivity index (χ1v) is 15.1. The second kappa shape index (κ2) is 12.3. The molecule has 2 N–H and O–H groups in total. The summed E-state index contributed by atoms with van der Waals surface area (Å²) in [6.07, 6.45) is 5.52. The summed E-state index contributed by atoms with van der Waals surface area (Å²) < 4.78 is 29.3. The van der Waals surface area contributed by atoms with E-state index in [-0.39, 0.29) is 35.2 Å². The Hall–Kier alpha value is -4.02. The highest BCUT2D eigenvalue weighted by Gasteiger charge is 2.53. The molecule has 1 aliphatic heterocycles. The number of carbonyl (C=O) groups is 2. The van der Waals surface area contributed by atoms with Gasteiger partial charge in [-0.2, -0.15) is 5.21 Å². The van der Waals surface area contributed by atoms with Gasteiger partial charge in [0.15, 0.2) is 17.5 Å². The lowest BCUT2D eigenvalue weighted by molar-refractivity contribution is -0.133. The molecular formula is C32H39F2N7O2. The van der Waals surface area contributed by atoms with Crippen LogP contribution in [0.4, 0.5) is 8.78 Å². The molecule has 3 aromatic rings. The second-order valence-electron chi connectivity index (χ2n) is 12.3. The normalized spacial score (nSPS) is 21.3.